The van der Waals surface area contributed by atoms with E-state index in [9.17, 15) is 4.79 Å². The summed E-state index contributed by atoms with van der Waals surface area (Å²) < 4.78 is 11.1. The molecule has 1 fully saturated rings. The van der Waals surface area contributed by atoms with Crippen LogP contribution in [0.4, 0.5) is 5.69 Å². The van der Waals surface area contributed by atoms with E-state index in [0.29, 0.717) is 29.7 Å². The number of amides is 1. The maximum atomic E-state index is 12.5. The summed E-state index contributed by atoms with van der Waals surface area (Å²) in [5.41, 5.74) is 2.60. The molecule has 3 aromatic rings. The summed E-state index contributed by atoms with van der Waals surface area (Å²) in [4.78, 5) is 18.8. The fourth-order valence-electron chi connectivity index (χ4n) is 3.35. The highest BCUT2D eigenvalue weighted by atomic mass is 35.5. The number of hydrogen-bond acceptors (Lipinski definition) is 5. The van der Waals surface area contributed by atoms with Crippen molar-refractivity contribution in [3.05, 3.63) is 58.9 Å². The molecule has 0 N–H and O–H groups in total. The van der Waals surface area contributed by atoms with Crippen LogP contribution in [0.25, 0.3) is 11.4 Å². The number of benzene rings is 2. The van der Waals surface area contributed by atoms with Crippen molar-refractivity contribution in [3.63, 3.8) is 0 Å². The van der Waals surface area contributed by atoms with E-state index in [4.69, 9.17) is 20.9 Å². The van der Waals surface area contributed by atoms with E-state index >= 15 is 0 Å². The molecule has 1 atom stereocenters. The maximum absolute atomic E-state index is 12.5. The summed E-state index contributed by atoms with van der Waals surface area (Å²) in [6.07, 6.45) is 0.442. The molecular formula is C22H22ClN3O3. The van der Waals surface area contributed by atoms with Gasteiger partial charge in [-0.1, -0.05) is 22.8 Å². The first-order chi connectivity index (χ1) is 13.9. The number of anilines is 1. The van der Waals surface area contributed by atoms with Gasteiger partial charge in [-0.2, -0.15) is 4.98 Å². The summed E-state index contributed by atoms with van der Waals surface area (Å²) in [7, 11) is 0. The van der Waals surface area contributed by atoms with Crippen LogP contribution in [0.2, 0.25) is 5.02 Å². The first kappa shape index (κ1) is 19.5. The van der Waals surface area contributed by atoms with Gasteiger partial charge in [0.25, 0.3) is 0 Å². The highest BCUT2D eigenvalue weighted by Crippen LogP contribution is 2.33. The monoisotopic (exact) mass is 411 g/mol. The first-order valence-electron chi connectivity index (χ1n) is 9.58. The molecule has 0 aliphatic carbocycles. The van der Waals surface area contributed by atoms with E-state index in [0.717, 1.165) is 22.6 Å². The van der Waals surface area contributed by atoms with E-state index in [1.165, 1.54) is 0 Å². The van der Waals surface area contributed by atoms with Crippen molar-refractivity contribution in [3.8, 4) is 17.1 Å². The highest BCUT2D eigenvalue weighted by Gasteiger charge is 2.35. The Morgan fingerprint density at radius 3 is 2.66 bits per heavy atom. The predicted molar refractivity (Wildman–Crippen MR) is 111 cm³/mol. The fraction of sp³-hybridized carbons (Fsp3) is 0.318. The molecule has 0 radical (unpaired) electrons. The fourth-order valence-corrected chi connectivity index (χ4v) is 3.52. The summed E-state index contributed by atoms with van der Waals surface area (Å²) in [5.74, 6) is 1.63. The van der Waals surface area contributed by atoms with Crippen LogP contribution in [0.15, 0.2) is 47.0 Å². The zero-order chi connectivity index (χ0) is 20.5. The van der Waals surface area contributed by atoms with E-state index in [2.05, 4.69) is 10.1 Å². The van der Waals surface area contributed by atoms with Crippen molar-refractivity contribution in [2.24, 2.45) is 0 Å². The average Bonchev–Trinajstić information content (AvgIpc) is 3.31. The highest BCUT2D eigenvalue weighted by molar-refractivity contribution is 6.31. The minimum Gasteiger partial charge on any atom is -0.491 e. The number of carbonyl (C=O) groups is 1. The van der Waals surface area contributed by atoms with Crippen molar-refractivity contribution in [2.75, 3.05) is 11.4 Å². The van der Waals surface area contributed by atoms with Gasteiger partial charge in [0.1, 0.15) is 5.75 Å². The van der Waals surface area contributed by atoms with Crippen molar-refractivity contribution < 1.29 is 14.1 Å². The maximum Gasteiger partial charge on any atom is 0.232 e. The quantitative estimate of drug-likeness (QED) is 0.590. The van der Waals surface area contributed by atoms with E-state index < -0.39 is 0 Å². The van der Waals surface area contributed by atoms with Crippen LogP contribution in [0.5, 0.6) is 5.75 Å². The second-order valence-electron chi connectivity index (χ2n) is 7.49. The van der Waals surface area contributed by atoms with Gasteiger partial charge in [-0.3, -0.25) is 4.79 Å². The number of aryl methyl sites for hydroxylation is 1. The molecule has 29 heavy (non-hydrogen) atoms. The number of carbonyl (C=O) groups excluding carboxylic acids is 1. The molecule has 7 heteroatoms. The molecule has 0 saturated carbocycles. The van der Waals surface area contributed by atoms with Crippen LogP contribution in [0.1, 0.15) is 37.6 Å². The van der Waals surface area contributed by atoms with Crippen LogP contribution < -0.4 is 9.64 Å². The van der Waals surface area contributed by atoms with Gasteiger partial charge in [-0.15, -0.1) is 0 Å². The molecule has 0 spiro atoms. The molecule has 2 heterocycles. The molecule has 1 saturated heterocycles. The number of aromatic nitrogens is 2. The third-order valence-electron chi connectivity index (χ3n) is 4.87. The molecule has 1 amide bonds. The lowest BCUT2D eigenvalue weighted by molar-refractivity contribution is -0.117. The zero-order valence-corrected chi connectivity index (χ0v) is 17.3. The van der Waals surface area contributed by atoms with Crippen LogP contribution >= 0.6 is 11.6 Å². The number of ether oxygens (including phenoxy) is 1. The Bertz CT molecular complexity index is 1030. The summed E-state index contributed by atoms with van der Waals surface area (Å²) in [6.45, 7) is 6.38. The molecule has 4 rings (SSSR count). The largest absolute Gasteiger partial charge is 0.491 e. The van der Waals surface area contributed by atoms with Gasteiger partial charge in [0.2, 0.25) is 17.6 Å². The van der Waals surface area contributed by atoms with Gasteiger partial charge in [-0.05, 0) is 62.7 Å². The third-order valence-corrected chi connectivity index (χ3v) is 5.27. The summed E-state index contributed by atoms with van der Waals surface area (Å²) in [6, 6.07) is 13.2. The minimum absolute atomic E-state index is 0.0184. The van der Waals surface area contributed by atoms with Crippen molar-refractivity contribution >= 4 is 23.2 Å². The van der Waals surface area contributed by atoms with Crippen LogP contribution in [0, 0.1) is 6.92 Å². The van der Waals surface area contributed by atoms with Crippen molar-refractivity contribution in [1.29, 1.82) is 0 Å². The molecule has 6 nitrogen and oxygen atoms in total. The van der Waals surface area contributed by atoms with E-state index in [1.807, 2.05) is 63.2 Å². The first-order valence-corrected chi connectivity index (χ1v) is 9.95. The second kappa shape index (κ2) is 7.87. The van der Waals surface area contributed by atoms with Crippen LogP contribution in [0.3, 0.4) is 0 Å². The number of rotatable bonds is 5. The Labute approximate surface area is 174 Å². The molecule has 1 aliphatic rings. The van der Waals surface area contributed by atoms with Gasteiger partial charge in [-0.25, -0.2) is 0 Å². The molecule has 150 valence electrons. The Hall–Kier alpha value is -2.86. The average molecular weight is 412 g/mol. The predicted octanol–water partition coefficient (Wildman–Crippen LogP) is 5.01. The van der Waals surface area contributed by atoms with Crippen molar-refractivity contribution in [2.45, 2.75) is 39.2 Å². The smallest absolute Gasteiger partial charge is 0.232 e. The van der Waals surface area contributed by atoms with E-state index in [1.54, 1.807) is 4.90 Å². The minimum atomic E-state index is -0.146. The van der Waals surface area contributed by atoms with Crippen LogP contribution in [-0.4, -0.2) is 28.7 Å². The van der Waals surface area contributed by atoms with Crippen molar-refractivity contribution in [1.82, 2.24) is 10.1 Å². The van der Waals surface area contributed by atoms with Gasteiger partial charge >= 0.3 is 0 Å². The molecule has 1 unspecified atom stereocenters. The zero-order valence-electron chi connectivity index (χ0n) is 16.6. The van der Waals surface area contributed by atoms with Gasteiger partial charge < -0.3 is 14.2 Å². The Morgan fingerprint density at radius 1 is 1.21 bits per heavy atom. The lowest BCUT2D eigenvalue weighted by atomic mass is 10.1. The molecule has 0 bridgehead atoms. The number of halogens is 1. The Balaban J connectivity index is 1.49. The Morgan fingerprint density at radius 2 is 1.97 bits per heavy atom. The third kappa shape index (κ3) is 4.12. The summed E-state index contributed by atoms with van der Waals surface area (Å²) >= 11 is 6.22. The van der Waals surface area contributed by atoms with Gasteiger partial charge in [0, 0.05) is 29.2 Å². The molecule has 2 aromatic carbocycles. The summed E-state index contributed by atoms with van der Waals surface area (Å²) in [5, 5.41) is 4.73. The van der Waals surface area contributed by atoms with Crippen LogP contribution in [-0.2, 0) is 4.79 Å². The topological polar surface area (TPSA) is 68.5 Å². The second-order valence-corrected chi connectivity index (χ2v) is 7.89. The van der Waals surface area contributed by atoms with Gasteiger partial charge in [0.05, 0.1) is 12.0 Å². The molecular weight excluding hydrogens is 390 g/mol. The lowest BCUT2D eigenvalue weighted by Crippen LogP contribution is -2.24. The number of hydrogen-bond donors (Lipinski definition) is 0. The number of nitrogens with zero attached hydrogens (tertiary/aromatic N) is 3. The standard InChI is InChI=1S/C22H22ClN3O3/c1-13(2)28-18-8-5-15(6-9-18)21-24-22(29-25-21)16-10-20(27)26(12-16)17-7-4-14(3)19(23)11-17/h4-9,11,13,16H,10,12H2,1-3H3. The Kier molecular flexibility index (Phi) is 5.28. The van der Waals surface area contributed by atoms with Gasteiger partial charge in [0.15, 0.2) is 0 Å². The molecule has 1 aromatic heterocycles. The lowest BCUT2D eigenvalue weighted by Gasteiger charge is -2.17. The normalized spacial score (nSPS) is 16.7. The molecule has 1 aliphatic heterocycles. The van der Waals surface area contributed by atoms with E-state index in [-0.39, 0.29) is 17.9 Å². The SMILES string of the molecule is Cc1ccc(N2CC(c3nc(-c4ccc(OC(C)C)cc4)no3)CC2=O)cc1Cl.